The molecule has 4 aliphatic rings. The van der Waals surface area contributed by atoms with Gasteiger partial charge in [0.05, 0.1) is 12.1 Å². The van der Waals surface area contributed by atoms with Crippen molar-refractivity contribution in [3.05, 3.63) is 193 Å². The molecule has 0 saturated carbocycles. The van der Waals surface area contributed by atoms with Gasteiger partial charge in [-0.15, -0.1) is 0 Å². The van der Waals surface area contributed by atoms with Crippen LogP contribution in [0.5, 0.6) is 0 Å². The number of furan rings is 1. The zero-order chi connectivity index (χ0) is 33.5. The van der Waals surface area contributed by atoms with Crippen LogP contribution in [-0.4, -0.2) is 12.1 Å². The van der Waals surface area contributed by atoms with E-state index in [1.165, 1.54) is 56.1 Å². The highest BCUT2D eigenvalue weighted by Crippen LogP contribution is 2.51. The number of allylic oxidation sites excluding steroid dienone is 4. The molecule has 0 amide bonds. The van der Waals surface area contributed by atoms with E-state index in [2.05, 4.69) is 180 Å². The molecule has 7 aromatic rings. The SMILES string of the molecule is C1=CC2c3cc(-c4ccc(-c5ccc6c(c5)C5C=CC=CC5N6c5ccc6oc7ccccc7c6c5)cc4)ccc3N(c3ccccc3)C2C=C1. The van der Waals surface area contributed by atoms with Crippen LogP contribution in [0.1, 0.15) is 23.0 Å². The molecule has 51 heavy (non-hydrogen) atoms. The first-order chi connectivity index (χ1) is 25.3. The summed E-state index contributed by atoms with van der Waals surface area (Å²) in [5, 5.41) is 2.31. The molecule has 11 rings (SSSR count). The molecule has 0 bridgehead atoms. The number of nitrogens with zero attached hydrogens (tertiary/aromatic N) is 2. The van der Waals surface area contributed by atoms with E-state index < -0.39 is 0 Å². The molecule has 0 fully saturated rings. The van der Waals surface area contributed by atoms with Crippen LogP contribution in [0.2, 0.25) is 0 Å². The van der Waals surface area contributed by atoms with Gasteiger partial charge in [-0.05, 0) is 94.0 Å². The smallest absolute Gasteiger partial charge is 0.135 e. The Morgan fingerprint density at radius 2 is 0.922 bits per heavy atom. The number of rotatable bonds is 4. The number of hydrogen-bond acceptors (Lipinski definition) is 3. The minimum absolute atomic E-state index is 0.227. The van der Waals surface area contributed by atoms with Gasteiger partial charge in [0, 0.05) is 45.4 Å². The fourth-order valence-corrected chi connectivity index (χ4v) is 8.95. The third-order valence-electron chi connectivity index (χ3n) is 11.3. The maximum atomic E-state index is 6.16. The van der Waals surface area contributed by atoms with Gasteiger partial charge in [-0.3, -0.25) is 0 Å². The van der Waals surface area contributed by atoms with E-state index in [1.54, 1.807) is 0 Å². The van der Waals surface area contributed by atoms with Gasteiger partial charge in [0.15, 0.2) is 0 Å². The monoisotopic (exact) mass is 654 g/mol. The number of anilines is 4. The van der Waals surface area contributed by atoms with Gasteiger partial charge in [-0.25, -0.2) is 0 Å². The van der Waals surface area contributed by atoms with E-state index in [1.807, 2.05) is 12.1 Å². The Morgan fingerprint density at radius 1 is 0.392 bits per heavy atom. The Morgan fingerprint density at radius 3 is 1.57 bits per heavy atom. The summed E-state index contributed by atoms with van der Waals surface area (Å²) < 4.78 is 6.16. The second kappa shape index (κ2) is 11.1. The van der Waals surface area contributed by atoms with E-state index in [0.29, 0.717) is 12.0 Å². The average Bonchev–Trinajstić information content (AvgIpc) is 3.85. The summed E-state index contributed by atoms with van der Waals surface area (Å²) in [6, 6.07) is 49.4. The first-order valence-corrected chi connectivity index (χ1v) is 17.9. The average molecular weight is 655 g/mol. The minimum atomic E-state index is 0.227. The van der Waals surface area contributed by atoms with Crippen LogP contribution in [0.25, 0.3) is 44.2 Å². The predicted octanol–water partition coefficient (Wildman–Crippen LogP) is 12.4. The lowest BCUT2D eigenvalue weighted by Crippen LogP contribution is -2.28. The molecular formula is C48H34N2O. The lowest BCUT2D eigenvalue weighted by molar-refractivity contribution is 0.669. The molecule has 3 heteroatoms. The molecule has 242 valence electrons. The van der Waals surface area contributed by atoms with Crippen molar-refractivity contribution in [3.63, 3.8) is 0 Å². The molecule has 4 atom stereocenters. The Kier molecular flexibility index (Phi) is 6.20. The third-order valence-corrected chi connectivity index (χ3v) is 11.3. The molecule has 3 heterocycles. The first kappa shape index (κ1) is 28.5. The highest BCUT2D eigenvalue weighted by Gasteiger charge is 2.39. The van der Waals surface area contributed by atoms with Gasteiger partial charge in [0.25, 0.3) is 0 Å². The van der Waals surface area contributed by atoms with E-state index in [4.69, 9.17) is 4.42 Å². The van der Waals surface area contributed by atoms with Crippen molar-refractivity contribution in [3.8, 4) is 22.3 Å². The highest BCUT2D eigenvalue weighted by atomic mass is 16.3. The Labute approximate surface area is 297 Å². The van der Waals surface area contributed by atoms with Crippen molar-refractivity contribution in [2.75, 3.05) is 9.80 Å². The first-order valence-electron chi connectivity index (χ1n) is 17.9. The summed E-state index contributed by atoms with van der Waals surface area (Å²) in [4.78, 5) is 4.99. The summed E-state index contributed by atoms with van der Waals surface area (Å²) in [7, 11) is 0. The van der Waals surface area contributed by atoms with Gasteiger partial charge < -0.3 is 14.2 Å². The van der Waals surface area contributed by atoms with E-state index in [9.17, 15) is 0 Å². The predicted molar refractivity (Wildman–Crippen MR) is 211 cm³/mol. The maximum absolute atomic E-state index is 6.16. The van der Waals surface area contributed by atoms with E-state index in [0.717, 1.165) is 21.9 Å². The van der Waals surface area contributed by atoms with Crippen molar-refractivity contribution >= 4 is 44.7 Å². The quantitative estimate of drug-likeness (QED) is 0.188. The lowest BCUT2D eigenvalue weighted by Gasteiger charge is -2.28. The van der Waals surface area contributed by atoms with Crippen molar-refractivity contribution in [1.29, 1.82) is 0 Å². The molecule has 2 aliphatic heterocycles. The fraction of sp³-hybridized carbons (Fsp3) is 0.0833. The van der Waals surface area contributed by atoms with Gasteiger partial charge in [0.2, 0.25) is 0 Å². The number of benzene rings is 6. The largest absolute Gasteiger partial charge is 0.456 e. The molecule has 0 N–H and O–H groups in total. The number of para-hydroxylation sites is 2. The van der Waals surface area contributed by atoms with Crippen LogP contribution >= 0.6 is 0 Å². The molecule has 1 aromatic heterocycles. The summed E-state index contributed by atoms with van der Waals surface area (Å²) in [6.45, 7) is 0. The molecule has 0 radical (unpaired) electrons. The van der Waals surface area contributed by atoms with Crippen molar-refractivity contribution in [1.82, 2.24) is 0 Å². The highest BCUT2D eigenvalue weighted by molar-refractivity contribution is 6.06. The summed E-state index contributed by atoms with van der Waals surface area (Å²) in [6.07, 6.45) is 18.1. The lowest BCUT2D eigenvalue weighted by atomic mass is 9.89. The van der Waals surface area contributed by atoms with E-state index >= 15 is 0 Å². The minimum Gasteiger partial charge on any atom is -0.456 e. The van der Waals surface area contributed by atoms with Crippen LogP contribution in [0.4, 0.5) is 22.7 Å². The molecule has 2 aliphatic carbocycles. The Bertz CT molecular complexity index is 2620. The standard InChI is InChI=1S/C48H34N2O/c1-2-10-35(11-3-1)49-43-15-7-4-12-37(43)40-28-33(22-25-45(40)49)31-18-20-32(21-19-31)34-23-26-46-41(29-34)38-13-5-8-16-44(38)50(46)36-24-27-48-42(30-36)39-14-6-9-17-47(39)51-48/h1-30,37-38,43-44H. The van der Waals surface area contributed by atoms with Gasteiger partial charge in [-0.2, -0.15) is 0 Å². The molecule has 6 aromatic carbocycles. The van der Waals surface area contributed by atoms with Crippen LogP contribution < -0.4 is 9.80 Å². The zero-order valence-electron chi connectivity index (χ0n) is 27.9. The van der Waals surface area contributed by atoms with Crippen molar-refractivity contribution in [2.45, 2.75) is 23.9 Å². The van der Waals surface area contributed by atoms with Crippen LogP contribution in [0.3, 0.4) is 0 Å². The van der Waals surface area contributed by atoms with Crippen LogP contribution in [0.15, 0.2) is 186 Å². The molecule has 3 nitrogen and oxygen atoms in total. The Hall–Kier alpha value is -6.32. The topological polar surface area (TPSA) is 19.6 Å². The third kappa shape index (κ3) is 4.38. The second-order valence-electron chi connectivity index (χ2n) is 14.1. The Balaban J connectivity index is 0.929. The normalized spacial score (nSPS) is 20.9. The summed E-state index contributed by atoms with van der Waals surface area (Å²) in [5.41, 5.74) is 14.6. The molecule has 4 unspecified atom stereocenters. The van der Waals surface area contributed by atoms with E-state index in [-0.39, 0.29) is 12.0 Å². The van der Waals surface area contributed by atoms with Crippen molar-refractivity contribution < 1.29 is 4.42 Å². The number of fused-ring (bicyclic) bond motifs is 9. The van der Waals surface area contributed by atoms with Gasteiger partial charge in [0.1, 0.15) is 11.2 Å². The van der Waals surface area contributed by atoms with Crippen LogP contribution in [-0.2, 0) is 0 Å². The fourth-order valence-electron chi connectivity index (χ4n) is 8.95. The number of hydrogen-bond donors (Lipinski definition) is 0. The summed E-state index contributed by atoms with van der Waals surface area (Å²) in [5.74, 6) is 0.624. The zero-order valence-corrected chi connectivity index (χ0v) is 27.9. The maximum Gasteiger partial charge on any atom is 0.135 e. The van der Waals surface area contributed by atoms with Gasteiger partial charge >= 0.3 is 0 Å². The molecule has 0 spiro atoms. The summed E-state index contributed by atoms with van der Waals surface area (Å²) >= 11 is 0. The van der Waals surface area contributed by atoms with Gasteiger partial charge in [-0.1, -0.05) is 121 Å². The second-order valence-corrected chi connectivity index (χ2v) is 14.1. The molecule has 0 saturated heterocycles. The van der Waals surface area contributed by atoms with Crippen molar-refractivity contribution in [2.24, 2.45) is 0 Å². The van der Waals surface area contributed by atoms with Crippen LogP contribution in [0, 0.1) is 0 Å². The molecular weight excluding hydrogens is 621 g/mol.